The Kier molecular flexibility index (Phi) is 3.06. The first kappa shape index (κ1) is 11.7. The monoisotopic (exact) mass is 245 g/mol. The molecule has 1 aliphatic heterocycles. The van der Waals surface area contributed by atoms with Crippen LogP contribution < -0.4 is 5.32 Å². The fourth-order valence-electron chi connectivity index (χ4n) is 2.88. The Morgan fingerprint density at radius 2 is 2.28 bits per heavy atom. The Hall–Kier alpha value is -1.39. The van der Waals surface area contributed by atoms with Gasteiger partial charge in [0.1, 0.15) is 0 Å². The highest BCUT2D eigenvalue weighted by molar-refractivity contribution is 5.82. The van der Waals surface area contributed by atoms with Crippen molar-refractivity contribution in [3.63, 3.8) is 0 Å². The van der Waals surface area contributed by atoms with E-state index in [1.165, 1.54) is 10.9 Å². The van der Waals surface area contributed by atoms with Crippen molar-refractivity contribution in [2.24, 2.45) is 13.0 Å². The third-order valence-electron chi connectivity index (χ3n) is 3.83. The lowest BCUT2D eigenvalue weighted by atomic mass is 9.94. The largest absolute Gasteiger partial charge is 0.381 e. The van der Waals surface area contributed by atoms with Gasteiger partial charge in [-0.1, -0.05) is 18.2 Å². The number of para-hydroxylation sites is 1. The summed E-state index contributed by atoms with van der Waals surface area (Å²) in [5.41, 5.74) is 2.33. The number of hydrogen-bond donors (Lipinski definition) is 1. The van der Waals surface area contributed by atoms with Gasteiger partial charge in [-0.15, -0.1) is 0 Å². The molecule has 0 radical (unpaired) electrons. The summed E-state index contributed by atoms with van der Waals surface area (Å²) in [7, 11) is 4.01. The van der Waals surface area contributed by atoms with Gasteiger partial charge in [-0.2, -0.15) is 5.10 Å². The number of aryl methyl sites for hydroxylation is 1. The molecule has 1 saturated heterocycles. The third-order valence-corrected chi connectivity index (χ3v) is 3.83. The number of fused-ring (bicyclic) bond motifs is 1. The molecule has 2 atom stereocenters. The van der Waals surface area contributed by atoms with Crippen molar-refractivity contribution in [2.75, 3.05) is 20.3 Å². The van der Waals surface area contributed by atoms with Crippen LogP contribution in [0.15, 0.2) is 24.3 Å². The zero-order valence-electron chi connectivity index (χ0n) is 10.9. The van der Waals surface area contributed by atoms with Crippen LogP contribution in [0.1, 0.15) is 18.2 Å². The van der Waals surface area contributed by atoms with Gasteiger partial charge in [0, 0.05) is 25.0 Å². The van der Waals surface area contributed by atoms with E-state index in [9.17, 15) is 0 Å². The van der Waals surface area contributed by atoms with Gasteiger partial charge in [0.2, 0.25) is 0 Å². The van der Waals surface area contributed by atoms with Crippen molar-refractivity contribution in [2.45, 2.75) is 12.5 Å². The molecule has 4 nitrogen and oxygen atoms in total. The Balaban J connectivity index is 2.06. The molecule has 0 aliphatic carbocycles. The molecule has 0 amide bonds. The summed E-state index contributed by atoms with van der Waals surface area (Å²) in [4.78, 5) is 0. The van der Waals surface area contributed by atoms with E-state index in [1.54, 1.807) is 0 Å². The molecule has 2 unspecified atom stereocenters. The van der Waals surface area contributed by atoms with Gasteiger partial charge in [0.25, 0.3) is 0 Å². The summed E-state index contributed by atoms with van der Waals surface area (Å²) >= 11 is 0. The van der Waals surface area contributed by atoms with Crippen molar-refractivity contribution in [3.8, 4) is 0 Å². The molecule has 2 aromatic rings. The summed E-state index contributed by atoms with van der Waals surface area (Å²) in [5.74, 6) is 0.522. The Morgan fingerprint density at radius 1 is 1.44 bits per heavy atom. The van der Waals surface area contributed by atoms with Crippen LogP contribution in [0.25, 0.3) is 10.9 Å². The Morgan fingerprint density at radius 3 is 3.00 bits per heavy atom. The molecule has 1 N–H and O–H groups in total. The van der Waals surface area contributed by atoms with Crippen molar-refractivity contribution in [3.05, 3.63) is 30.0 Å². The molecule has 18 heavy (non-hydrogen) atoms. The van der Waals surface area contributed by atoms with Crippen molar-refractivity contribution >= 4 is 10.9 Å². The highest BCUT2D eigenvalue weighted by atomic mass is 16.5. The third kappa shape index (κ3) is 1.82. The first-order valence-electron chi connectivity index (χ1n) is 6.48. The smallest absolute Gasteiger partial charge is 0.0876 e. The summed E-state index contributed by atoms with van der Waals surface area (Å²) in [6.07, 6.45) is 1.11. The molecule has 1 aromatic heterocycles. The van der Waals surface area contributed by atoms with E-state index in [0.717, 1.165) is 25.3 Å². The summed E-state index contributed by atoms with van der Waals surface area (Å²) in [6, 6.07) is 8.67. The van der Waals surface area contributed by atoms with Crippen LogP contribution in [0.5, 0.6) is 0 Å². The molecule has 0 bridgehead atoms. The van der Waals surface area contributed by atoms with Gasteiger partial charge < -0.3 is 10.1 Å². The van der Waals surface area contributed by atoms with Crippen LogP contribution in [0.3, 0.4) is 0 Å². The second kappa shape index (κ2) is 4.71. The van der Waals surface area contributed by atoms with Crippen molar-refractivity contribution in [1.29, 1.82) is 0 Å². The van der Waals surface area contributed by atoms with Gasteiger partial charge in [-0.25, -0.2) is 0 Å². The van der Waals surface area contributed by atoms with Crippen molar-refractivity contribution < 1.29 is 4.74 Å². The topological polar surface area (TPSA) is 39.1 Å². The normalized spacial score (nSPS) is 21.6. The quantitative estimate of drug-likeness (QED) is 0.897. The molecule has 3 rings (SSSR count). The molecule has 0 saturated carbocycles. The Labute approximate surface area is 107 Å². The molecule has 1 aromatic carbocycles. The molecule has 2 heterocycles. The molecule has 96 valence electrons. The second-order valence-electron chi connectivity index (χ2n) is 4.92. The van der Waals surface area contributed by atoms with Gasteiger partial charge in [0.15, 0.2) is 0 Å². The zero-order valence-corrected chi connectivity index (χ0v) is 10.9. The highest BCUT2D eigenvalue weighted by Crippen LogP contribution is 2.31. The second-order valence-corrected chi connectivity index (χ2v) is 4.92. The lowest BCUT2D eigenvalue weighted by molar-refractivity contribution is 0.177. The maximum Gasteiger partial charge on any atom is 0.0876 e. The fraction of sp³-hybridized carbons (Fsp3) is 0.500. The number of benzene rings is 1. The standard InChI is InChI=1S/C14H19N3O/c1-15-13(10-7-8-18-9-10)14-11-5-3-4-6-12(11)17(2)16-14/h3-6,10,13,15H,7-9H2,1-2H3. The first-order chi connectivity index (χ1) is 8.81. The van der Waals surface area contributed by atoms with E-state index in [4.69, 9.17) is 9.84 Å². The number of rotatable bonds is 3. The number of hydrogen-bond acceptors (Lipinski definition) is 3. The first-order valence-corrected chi connectivity index (χ1v) is 6.48. The van der Waals surface area contributed by atoms with Crippen LogP contribution in [0, 0.1) is 5.92 Å². The minimum Gasteiger partial charge on any atom is -0.381 e. The number of aromatic nitrogens is 2. The summed E-state index contributed by atoms with van der Waals surface area (Å²) in [6.45, 7) is 1.70. The molecule has 0 spiro atoms. The number of nitrogens with zero attached hydrogens (tertiary/aromatic N) is 2. The Bertz CT molecular complexity index is 543. The molecule has 1 aliphatic rings. The van der Waals surface area contributed by atoms with E-state index in [1.807, 2.05) is 18.8 Å². The predicted molar refractivity (Wildman–Crippen MR) is 71.4 cm³/mol. The van der Waals surface area contributed by atoms with Crippen LogP contribution in [-0.4, -0.2) is 30.0 Å². The van der Waals surface area contributed by atoms with Gasteiger partial charge in [0.05, 0.1) is 23.9 Å². The van der Waals surface area contributed by atoms with Gasteiger partial charge in [-0.05, 0) is 19.5 Å². The zero-order chi connectivity index (χ0) is 12.5. The lowest BCUT2D eigenvalue weighted by Gasteiger charge is -2.20. The van der Waals surface area contributed by atoms with E-state index in [0.29, 0.717) is 5.92 Å². The number of nitrogens with one attached hydrogen (secondary N) is 1. The van der Waals surface area contributed by atoms with Crippen molar-refractivity contribution in [1.82, 2.24) is 15.1 Å². The van der Waals surface area contributed by atoms with Gasteiger partial charge in [-0.3, -0.25) is 4.68 Å². The minimum atomic E-state index is 0.276. The van der Waals surface area contributed by atoms with E-state index in [-0.39, 0.29) is 6.04 Å². The van der Waals surface area contributed by atoms with E-state index < -0.39 is 0 Å². The minimum absolute atomic E-state index is 0.276. The molecule has 1 fully saturated rings. The number of ether oxygens (including phenoxy) is 1. The molecular formula is C14H19N3O. The highest BCUT2D eigenvalue weighted by Gasteiger charge is 2.29. The van der Waals surface area contributed by atoms with E-state index in [2.05, 4.69) is 29.6 Å². The maximum absolute atomic E-state index is 5.51. The fourth-order valence-corrected chi connectivity index (χ4v) is 2.88. The van der Waals surface area contributed by atoms with Crippen LogP contribution >= 0.6 is 0 Å². The SMILES string of the molecule is CNC(c1nn(C)c2ccccc12)C1CCOC1. The average molecular weight is 245 g/mol. The van der Waals surface area contributed by atoms with Crippen LogP contribution in [0.4, 0.5) is 0 Å². The van der Waals surface area contributed by atoms with Crippen LogP contribution in [0.2, 0.25) is 0 Å². The predicted octanol–water partition coefficient (Wildman–Crippen LogP) is 1.87. The molecule has 4 heteroatoms. The van der Waals surface area contributed by atoms with Gasteiger partial charge >= 0.3 is 0 Å². The summed E-state index contributed by atoms with van der Waals surface area (Å²) in [5, 5.41) is 9.36. The van der Waals surface area contributed by atoms with Crippen LogP contribution in [-0.2, 0) is 11.8 Å². The maximum atomic E-state index is 5.51. The lowest BCUT2D eigenvalue weighted by Crippen LogP contribution is -2.26. The van der Waals surface area contributed by atoms with E-state index >= 15 is 0 Å². The summed E-state index contributed by atoms with van der Waals surface area (Å²) < 4.78 is 7.47. The molecular weight excluding hydrogens is 226 g/mol. The average Bonchev–Trinajstić information content (AvgIpc) is 3.01.